The quantitative estimate of drug-likeness (QED) is 0.643. The van der Waals surface area contributed by atoms with E-state index >= 15 is 0 Å². The van der Waals surface area contributed by atoms with E-state index in [4.69, 9.17) is 21.1 Å². The van der Waals surface area contributed by atoms with E-state index in [1.165, 1.54) is 13.8 Å². The summed E-state index contributed by atoms with van der Waals surface area (Å²) in [7, 11) is 1.55. The first-order chi connectivity index (χ1) is 13.8. The monoisotopic (exact) mass is 418 g/mol. The van der Waals surface area contributed by atoms with Gasteiger partial charge in [-0.15, -0.1) is 0 Å². The highest BCUT2D eigenvalue weighted by molar-refractivity contribution is 6.33. The molecule has 2 N–H and O–H groups in total. The first-order valence-electron chi connectivity index (χ1n) is 8.99. The summed E-state index contributed by atoms with van der Waals surface area (Å²) in [6.45, 7) is 3.15. The summed E-state index contributed by atoms with van der Waals surface area (Å²) in [6.07, 6.45) is -1.03. The van der Waals surface area contributed by atoms with Crippen molar-refractivity contribution in [3.05, 3.63) is 64.7 Å². The number of carbonyl (C=O) groups excluding carboxylic acids is 3. The van der Waals surface area contributed by atoms with Gasteiger partial charge in [-0.05, 0) is 32.0 Å². The molecule has 2 rings (SSSR count). The highest BCUT2D eigenvalue weighted by atomic mass is 35.5. The first-order valence-corrected chi connectivity index (χ1v) is 9.36. The fourth-order valence-corrected chi connectivity index (χ4v) is 2.71. The Labute approximate surface area is 174 Å². The summed E-state index contributed by atoms with van der Waals surface area (Å²) in [5.74, 6) is -1.05. The maximum atomic E-state index is 12.2. The Morgan fingerprint density at radius 1 is 1.03 bits per heavy atom. The lowest BCUT2D eigenvalue weighted by atomic mass is 10.2. The van der Waals surface area contributed by atoms with E-state index in [0.29, 0.717) is 5.75 Å². The number of hydrogen-bond donors (Lipinski definition) is 2. The van der Waals surface area contributed by atoms with Gasteiger partial charge in [-0.2, -0.15) is 0 Å². The van der Waals surface area contributed by atoms with Gasteiger partial charge >= 0.3 is 5.97 Å². The van der Waals surface area contributed by atoms with Crippen LogP contribution in [0.5, 0.6) is 5.75 Å². The van der Waals surface area contributed by atoms with Crippen molar-refractivity contribution in [3.8, 4) is 5.75 Å². The van der Waals surface area contributed by atoms with Crippen LogP contribution in [-0.4, -0.2) is 37.0 Å². The van der Waals surface area contributed by atoms with E-state index in [1.54, 1.807) is 37.4 Å². The van der Waals surface area contributed by atoms with Crippen LogP contribution in [0.3, 0.4) is 0 Å². The van der Waals surface area contributed by atoms with Crippen LogP contribution < -0.4 is 15.4 Å². The van der Waals surface area contributed by atoms with E-state index in [9.17, 15) is 14.4 Å². The third-order valence-electron chi connectivity index (χ3n) is 4.13. The molecular formula is C21H23ClN2O5. The fraction of sp³-hybridized carbons (Fsp3) is 0.286. The van der Waals surface area contributed by atoms with Gasteiger partial charge in [0.25, 0.3) is 11.8 Å². The van der Waals surface area contributed by atoms with Crippen LogP contribution in [0.15, 0.2) is 48.5 Å². The molecule has 2 atom stereocenters. The Kier molecular flexibility index (Phi) is 8.03. The minimum absolute atomic E-state index is 0.226. The highest BCUT2D eigenvalue weighted by Gasteiger charge is 2.24. The Bertz CT molecular complexity index is 887. The summed E-state index contributed by atoms with van der Waals surface area (Å²) in [6, 6.07) is 12.8. The van der Waals surface area contributed by atoms with Crippen molar-refractivity contribution < 1.29 is 23.9 Å². The molecular weight excluding hydrogens is 396 g/mol. The van der Waals surface area contributed by atoms with E-state index in [1.807, 2.05) is 18.2 Å². The normalized spacial score (nSPS) is 12.4. The van der Waals surface area contributed by atoms with Crippen LogP contribution in [0.25, 0.3) is 0 Å². The number of rotatable bonds is 8. The molecule has 0 spiro atoms. The number of benzene rings is 2. The van der Waals surface area contributed by atoms with Gasteiger partial charge in [0.1, 0.15) is 11.8 Å². The minimum atomic E-state index is -1.03. The first kappa shape index (κ1) is 22.2. The molecule has 29 heavy (non-hydrogen) atoms. The molecule has 7 nitrogen and oxygen atoms in total. The average Bonchev–Trinajstić information content (AvgIpc) is 2.72. The van der Waals surface area contributed by atoms with E-state index in [2.05, 4.69) is 10.6 Å². The number of esters is 1. The zero-order chi connectivity index (χ0) is 21.4. The molecule has 0 saturated heterocycles. The van der Waals surface area contributed by atoms with Crippen molar-refractivity contribution in [2.45, 2.75) is 32.5 Å². The van der Waals surface area contributed by atoms with Gasteiger partial charge in [-0.25, -0.2) is 4.79 Å². The molecule has 2 aromatic carbocycles. The minimum Gasteiger partial charge on any atom is -0.496 e. The smallest absolute Gasteiger partial charge is 0.329 e. The molecule has 154 valence electrons. The molecule has 8 heteroatoms. The molecule has 0 heterocycles. The number of methoxy groups -OCH3 is 1. The zero-order valence-electron chi connectivity index (χ0n) is 16.4. The van der Waals surface area contributed by atoms with Crippen molar-refractivity contribution in [1.29, 1.82) is 0 Å². The number of hydrogen-bond acceptors (Lipinski definition) is 5. The number of para-hydroxylation sites is 1. The molecule has 2 amide bonds. The second-order valence-corrected chi connectivity index (χ2v) is 6.69. The molecule has 0 aliphatic rings. The third-order valence-corrected chi connectivity index (χ3v) is 4.46. The van der Waals surface area contributed by atoms with Crippen molar-refractivity contribution >= 4 is 29.4 Å². The van der Waals surface area contributed by atoms with E-state index < -0.39 is 29.9 Å². The molecule has 0 aromatic heterocycles. The standard InChI is InChI=1S/C21H23ClN2O5/c1-13(24-20(26)16-9-5-6-10-17(16)22)21(27)29-14(2)19(25)23-12-15-8-4-7-11-18(15)28-3/h4-11,13-14H,12H2,1-3H3,(H,23,25)(H,24,26)/t13-,14?/m0/s1. The summed E-state index contributed by atoms with van der Waals surface area (Å²) < 4.78 is 10.4. The van der Waals surface area contributed by atoms with Crippen molar-refractivity contribution in [2.75, 3.05) is 7.11 Å². The predicted octanol–water partition coefficient (Wildman–Crippen LogP) is 2.71. The largest absolute Gasteiger partial charge is 0.496 e. The van der Waals surface area contributed by atoms with Gasteiger partial charge in [0, 0.05) is 12.1 Å². The average molecular weight is 419 g/mol. The molecule has 0 radical (unpaired) electrons. The van der Waals surface area contributed by atoms with Crippen molar-refractivity contribution in [2.24, 2.45) is 0 Å². The second kappa shape index (κ2) is 10.5. The van der Waals surface area contributed by atoms with Gasteiger partial charge in [0.2, 0.25) is 0 Å². The van der Waals surface area contributed by atoms with E-state index in [-0.39, 0.29) is 17.1 Å². The lowest BCUT2D eigenvalue weighted by Gasteiger charge is -2.18. The van der Waals surface area contributed by atoms with Crippen molar-refractivity contribution in [1.82, 2.24) is 10.6 Å². The molecule has 2 aromatic rings. The summed E-state index contributed by atoms with van der Waals surface area (Å²) in [5, 5.41) is 5.47. The van der Waals surface area contributed by atoms with Crippen LogP contribution in [-0.2, 0) is 20.9 Å². The molecule has 0 aliphatic heterocycles. The van der Waals surface area contributed by atoms with Crippen molar-refractivity contribution in [3.63, 3.8) is 0 Å². The fourth-order valence-electron chi connectivity index (χ4n) is 2.48. The summed E-state index contributed by atoms with van der Waals surface area (Å²) >= 11 is 5.98. The lowest BCUT2D eigenvalue weighted by Crippen LogP contribution is -2.43. The topological polar surface area (TPSA) is 93.7 Å². The highest BCUT2D eigenvalue weighted by Crippen LogP contribution is 2.17. The number of amides is 2. The van der Waals surface area contributed by atoms with Gasteiger partial charge in [-0.3, -0.25) is 9.59 Å². The number of carbonyl (C=O) groups is 3. The maximum Gasteiger partial charge on any atom is 0.329 e. The van der Waals surface area contributed by atoms with Crippen LogP contribution >= 0.6 is 11.6 Å². The van der Waals surface area contributed by atoms with Gasteiger partial charge in [-0.1, -0.05) is 41.9 Å². The SMILES string of the molecule is COc1ccccc1CNC(=O)C(C)OC(=O)[C@H](C)NC(=O)c1ccccc1Cl. The van der Waals surface area contributed by atoms with Crippen LogP contribution in [0.1, 0.15) is 29.8 Å². The van der Waals surface area contributed by atoms with Crippen LogP contribution in [0.4, 0.5) is 0 Å². The molecule has 0 saturated carbocycles. The number of halogens is 1. The lowest BCUT2D eigenvalue weighted by molar-refractivity contribution is -0.156. The molecule has 0 aliphatic carbocycles. The second-order valence-electron chi connectivity index (χ2n) is 6.28. The van der Waals surface area contributed by atoms with E-state index in [0.717, 1.165) is 5.56 Å². The summed E-state index contributed by atoms with van der Waals surface area (Å²) in [4.78, 5) is 36.7. The molecule has 0 fully saturated rings. The van der Waals surface area contributed by atoms with Crippen LogP contribution in [0.2, 0.25) is 5.02 Å². The van der Waals surface area contributed by atoms with Gasteiger partial charge < -0.3 is 20.1 Å². The Morgan fingerprint density at radius 2 is 1.69 bits per heavy atom. The Morgan fingerprint density at radius 3 is 2.38 bits per heavy atom. The Hall–Kier alpha value is -3.06. The Balaban J connectivity index is 1.86. The molecule has 1 unspecified atom stereocenters. The number of nitrogens with one attached hydrogen (secondary N) is 2. The maximum absolute atomic E-state index is 12.2. The van der Waals surface area contributed by atoms with Gasteiger partial charge in [0.05, 0.1) is 17.7 Å². The third kappa shape index (κ3) is 6.22. The zero-order valence-corrected chi connectivity index (χ0v) is 17.2. The molecule has 0 bridgehead atoms. The predicted molar refractivity (Wildman–Crippen MR) is 109 cm³/mol. The van der Waals surface area contributed by atoms with Crippen LogP contribution in [0, 0.1) is 0 Å². The van der Waals surface area contributed by atoms with Gasteiger partial charge in [0.15, 0.2) is 6.10 Å². The summed E-state index contributed by atoms with van der Waals surface area (Å²) in [5.41, 5.74) is 1.04. The number of ether oxygens (including phenoxy) is 2.